The van der Waals surface area contributed by atoms with Crippen LogP contribution in [0.4, 0.5) is 0 Å². The molecule has 1 saturated heterocycles. The lowest BCUT2D eigenvalue weighted by atomic mass is 10.0. The first-order chi connectivity index (χ1) is 14.3. The summed E-state index contributed by atoms with van der Waals surface area (Å²) in [7, 11) is 0. The number of carbonyl (C=O) groups is 1. The average Bonchev–Trinajstić information content (AvgIpc) is 2.78. The highest BCUT2D eigenvalue weighted by Crippen LogP contribution is 2.20. The van der Waals surface area contributed by atoms with Gasteiger partial charge < -0.3 is 10.1 Å². The fraction of sp³-hybridized carbons (Fsp3) is 0.320. The molecule has 0 aliphatic carbocycles. The maximum Gasteiger partial charge on any atom is 0.220 e. The molecular weight excluding hydrogens is 360 g/mol. The van der Waals surface area contributed by atoms with Crippen LogP contribution in [0.15, 0.2) is 66.7 Å². The molecule has 0 unspecified atom stereocenters. The second-order valence-corrected chi connectivity index (χ2v) is 7.57. The Labute approximate surface area is 172 Å². The minimum absolute atomic E-state index is 0.0964. The van der Waals surface area contributed by atoms with Gasteiger partial charge in [-0.2, -0.15) is 0 Å². The monoisotopic (exact) mass is 388 g/mol. The first kappa shape index (κ1) is 19.6. The van der Waals surface area contributed by atoms with Gasteiger partial charge in [0.05, 0.1) is 13.2 Å². The molecule has 0 spiro atoms. The molecular formula is C25H28N2O2. The Morgan fingerprint density at radius 2 is 1.55 bits per heavy atom. The van der Waals surface area contributed by atoms with Crippen molar-refractivity contribution in [3.63, 3.8) is 0 Å². The Morgan fingerprint density at radius 3 is 2.41 bits per heavy atom. The summed E-state index contributed by atoms with van der Waals surface area (Å²) in [4.78, 5) is 14.9. The topological polar surface area (TPSA) is 41.6 Å². The molecule has 150 valence electrons. The molecule has 29 heavy (non-hydrogen) atoms. The quantitative estimate of drug-likeness (QED) is 0.667. The summed E-state index contributed by atoms with van der Waals surface area (Å²) in [5.74, 6) is 0.0964. The molecule has 1 aliphatic heterocycles. The molecule has 0 saturated carbocycles. The van der Waals surface area contributed by atoms with Gasteiger partial charge in [-0.3, -0.25) is 9.69 Å². The first-order valence-corrected chi connectivity index (χ1v) is 10.4. The van der Waals surface area contributed by atoms with E-state index >= 15 is 0 Å². The second-order valence-electron chi connectivity index (χ2n) is 7.57. The van der Waals surface area contributed by atoms with Crippen molar-refractivity contribution < 1.29 is 9.53 Å². The maximum absolute atomic E-state index is 12.5. The second kappa shape index (κ2) is 9.68. The lowest BCUT2D eigenvalue weighted by molar-refractivity contribution is -0.121. The standard InChI is InChI=1S/C25H28N2O2/c28-25(13-12-21-10-5-9-20-6-3-4-11-24(20)21)26-18-22-7-1-2-8-23(22)19-27-14-16-29-17-15-27/h1-11H,12-19H2,(H,26,28). The van der Waals surface area contributed by atoms with E-state index in [2.05, 4.69) is 64.8 Å². The molecule has 0 radical (unpaired) electrons. The van der Waals surface area contributed by atoms with Gasteiger partial charge in [0.25, 0.3) is 0 Å². The van der Waals surface area contributed by atoms with Crippen LogP contribution in [0, 0.1) is 0 Å². The molecule has 0 atom stereocenters. The van der Waals surface area contributed by atoms with Gasteiger partial charge in [-0.05, 0) is 33.9 Å². The van der Waals surface area contributed by atoms with Crippen molar-refractivity contribution in [1.29, 1.82) is 0 Å². The van der Waals surface area contributed by atoms with E-state index in [1.807, 2.05) is 12.1 Å². The van der Waals surface area contributed by atoms with Crippen LogP contribution in [0.2, 0.25) is 0 Å². The number of fused-ring (bicyclic) bond motifs is 1. The van der Waals surface area contributed by atoms with Gasteiger partial charge in [0.15, 0.2) is 0 Å². The molecule has 1 N–H and O–H groups in total. The molecule has 1 amide bonds. The summed E-state index contributed by atoms with van der Waals surface area (Å²) in [5.41, 5.74) is 3.70. The van der Waals surface area contributed by atoms with Crippen molar-refractivity contribution in [2.75, 3.05) is 26.3 Å². The van der Waals surface area contributed by atoms with Crippen molar-refractivity contribution in [2.24, 2.45) is 0 Å². The summed E-state index contributed by atoms with van der Waals surface area (Å²) >= 11 is 0. The highest BCUT2D eigenvalue weighted by Gasteiger charge is 2.13. The maximum atomic E-state index is 12.5. The third kappa shape index (κ3) is 5.22. The summed E-state index contributed by atoms with van der Waals surface area (Å²) < 4.78 is 5.44. The van der Waals surface area contributed by atoms with Gasteiger partial charge in [0.2, 0.25) is 5.91 Å². The predicted molar refractivity (Wildman–Crippen MR) is 117 cm³/mol. The number of carbonyl (C=O) groups excluding carboxylic acids is 1. The zero-order valence-corrected chi connectivity index (χ0v) is 16.8. The molecule has 0 bridgehead atoms. The van der Waals surface area contributed by atoms with Crippen LogP contribution in [-0.4, -0.2) is 37.1 Å². The number of nitrogens with one attached hydrogen (secondary N) is 1. The van der Waals surface area contributed by atoms with Crippen molar-refractivity contribution in [3.8, 4) is 0 Å². The van der Waals surface area contributed by atoms with E-state index in [-0.39, 0.29) is 5.91 Å². The summed E-state index contributed by atoms with van der Waals surface area (Å²) in [6.45, 7) is 5.01. The molecule has 4 heteroatoms. The van der Waals surface area contributed by atoms with Crippen molar-refractivity contribution >= 4 is 16.7 Å². The minimum Gasteiger partial charge on any atom is -0.379 e. The van der Waals surface area contributed by atoms with E-state index in [4.69, 9.17) is 4.74 Å². The minimum atomic E-state index is 0.0964. The number of hydrogen-bond acceptors (Lipinski definition) is 3. The Hall–Kier alpha value is -2.69. The number of amides is 1. The van der Waals surface area contributed by atoms with Crippen LogP contribution in [0.5, 0.6) is 0 Å². The zero-order valence-electron chi connectivity index (χ0n) is 16.8. The third-order valence-electron chi connectivity index (χ3n) is 5.59. The van der Waals surface area contributed by atoms with E-state index in [0.717, 1.165) is 39.3 Å². The van der Waals surface area contributed by atoms with E-state index in [1.54, 1.807) is 0 Å². The third-order valence-corrected chi connectivity index (χ3v) is 5.59. The fourth-order valence-corrected chi connectivity index (χ4v) is 3.93. The van der Waals surface area contributed by atoms with E-state index in [1.165, 1.54) is 27.5 Å². The lowest BCUT2D eigenvalue weighted by Crippen LogP contribution is -2.36. The Kier molecular flexibility index (Phi) is 6.55. The van der Waals surface area contributed by atoms with Crippen molar-refractivity contribution in [3.05, 3.63) is 83.4 Å². The van der Waals surface area contributed by atoms with Gasteiger partial charge in [-0.25, -0.2) is 0 Å². The molecule has 4 nitrogen and oxygen atoms in total. The van der Waals surface area contributed by atoms with E-state index in [0.29, 0.717) is 13.0 Å². The van der Waals surface area contributed by atoms with Crippen molar-refractivity contribution in [1.82, 2.24) is 10.2 Å². The Morgan fingerprint density at radius 1 is 0.862 bits per heavy atom. The number of nitrogens with zero attached hydrogens (tertiary/aromatic N) is 1. The van der Waals surface area contributed by atoms with Crippen LogP contribution in [0.3, 0.4) is 0 Å². The van der Waals surface area contributed by atoms with Gasteiger partial charge in [0, 0.05) is 32.6 Å². The summed E-state index contributed by atoms with van der Waals surface area (Å²) in [6, 6.07) is 23.0. The molecule has 1 fully saturated rings. The van der Waals surface area contributed by atoms with Crippen LogP contribution in [0.1, 0.15) is 23.1 Å². The number of benzene rings is 3. The Bertz CT molecular complexity index is 958. The average molecular weight is 389 g/mol. The van der Waals surface area contributed by atoms with Crippen LogP contribution in [-0.2, 0) is 29.0 Å². The highest BCUT2D eigenvalue weighted by molar-refractivity contribution is 5.86. The van der Waals surface area contributed by atoms with Gasteiger partial charge in [0.1, 0.15) is 0 Å². The number of hydrogen-bond donors (Lipinski definition) is 1. The van der Waals surface area contributed by atoms with E-state index < -0.39 is 0 Å². The first-order valence-electron chi connectivity index (χ1n) is 10.4. The molecule has 4 rings (SSSR count). The summed E-state index contributed by atoms with van der Waals surface area (Å²) in [6.07, 6.45) is 1.25. The number of morpholine rings is 1. The highest BCUT2D eigenvalue weighted by atomic mass is 16.5. The smallest absolute Gasteiger partial charge is 0.220 e. The predicted octanol–water partition coefficient (Wildman–Crippen LogP) is 3.92. The zero-order chi connectivity index (χ0) is 19.9. The molecule has 0 aromatic heterocycles. The van der Waals surface area contributed by atoms with Crippen LogP contribution < -0.4 is 5.32 Å². The fourth-order valence-electron chi connectivity index (χ4n) is 3.93. The van der Waals surface area contributed by atoms with Crippen LogP contribution >= 0.6 is 0 Å². The van der Waals surface area contributed by atoms with E-state index in [9.17, 15) is 4.79 Å². The van der Waals surface area contributed by atoms with Gasteiger partial charge in [-0.1, -0.05) is 66.7 Å². The lowest BCUT2D eigenvalue weighted by Gasteiger charge is -2.27. The van der Waals surface area contributed by atoms with Crippen molar-refractivity contribution in [2.45, 2.75) is 25.9 Å². The SMILES string of the molecule is O=C(CCc1cccc2ccccc12)NCc1ccccc1CN1CCOCC1. The van der Waals surface area contributed by atoms with Crippen LogP contribution in [0.25, 0.3) is 10.8 Å². The van der Waals surface area contributed by atoms with Gasteiger partial charge >= 0.3 is 0 Å². The summed E-state index contributed by atoms with van der Waals surface area (Å²) in [5, 5.41) is 5.57. The normalized spacial score (nSPS) is 14.8. The largest absolute Gasteiger partial charge is 0.379 e. The number of aryl methyl sites for hydroxylation is 1. The molecule has 1 aliphatic rings. The molecule has 3 aromatic rings. The molecule has 3 aromatic carbocycles. The number of ether oxygens (including phenoxy) is 1. The molecule has 1 heterocycles. The van der Waals surface area contributed by atoms with Gasteiger partial charge in [-0.15, -0.1) is 0 Å². The number of rotatable bonds is 7. The Balaban J connectivity index is 1.33.